The molecular weight excluding hydrogens is 402 g/mol. The van der Waals surface area contributed by atoms with Crippen LogP contribution in [0.3, 0.4) is 0 Å². The molecule has 2 aromatic rings. The minimum Gasteiger partial charge on any atom is -0.392 e. The monoisotopic (exact) mass is 431 g/mol. The minimum absolute atomic E-state index is 0.218. The van der Waals surface area contributed by atoms with Gasteiger partial charge >= 0.3 is 0 Å². The fraction of sp³-hybridized carbons (Fsp3) is 0.520. The van der Waals surface area contributed by atoms with E-state index in [1.807, 2.05) is 24.3 Å². The third-order valence-electron chi connectivity index (χ3n) is 7.46. The Morgan fingerprint density at radius 1 is 1.12 bits per heavy atom. The van der Waals surface area contributed by atoms with Gasteiger partial charge in [-0.3, -0.25) is 14.7 Å². The van der Waals surface area contributed by atoms with E-state index in [1.54, 1.807) is 6.20 Å². The SMILES string of the molecule is N#Cc1nccnc1-c1ccc(CN2C[C@H](O)CC23CCN(C2CCCCC2)C3=O)cc1. The number of hydrogen-bond donors (Lipinski definition) is 1. The first kappa shape index (κ1) is 21.0. The number of aliphatic hydroxyl groups is 1. The quantitative estimate of drug-likeness (QED) is 0.800. The maximum Gasteiger partial charge on any atom is 0.243 e. The Hall–Kier alpha value is -2.82. The predicted molar refractivity (Wildman–Crippen MR) is 119 cm³/mol. The predicted octanol–water partition coefficient (Wildman–Crippen LogP) is 2.89. The average molecular weight is 432 g/mol. The summed E-state index contributed by atoms with van der Waals surface area (Å²) in [5, 5.41) is 19.8. The molecule has 166 valence electrons. The molecule has 1 aliphatic carbocycles. The Balaban J connectivity index is 1.34. The first-order valence-electron chi connectivity index (χ1n) is 11.7. The molecule has 5 rings (SSSR count). The number of hydrogen-bond acceptors (Lipinski definition) is 6. The van der Waals surface area contributed by atoms with E-state index in [1.165, 1.54) is 25.5 Å². The zero-order chi connectivity index (χ0) is 22.1. The van der Waals surface area contributed by atoms with Gasteiger partial charge in [0, 0.05) is 50.1 Å². The topological polar surface area (TPSA) is 93.3 Å². The lowest BCUT2D eigenvalue weighted by Crippen LogP contribution is -2.51. The maximum absolute atomic E-state index is 13.6. The Morgan fingerprint density at radius 3 is 2.62 bits per heavy atom. The fourth-order valence-electron chi connectivity index (χ4n) is 5.85. The number of aliphatic hydroxyl groups excluding tert-OH is 1. The lowest BCUT2D eigenvalue weighted by molar-refractivity contribution is -0.139. The largest absolute Gasteiger partial charge is 0.392 e. The van der Waals surface area contributed by atoms with Gasteiger partial charge in [-0.15, -0.1) is 0 Å². The molecular formula is C25H29N5O2. The van der Waals surface area contributed by atoms with Crippen LogP contribution in [0, 0.1) is 11.3 Å². The van der Waals surface area contributed by atoms with Crippen LogP contribution in [0.4, 0.5) is 0 Å². The summed E-state index contributed by atoms with van der Waals surface area (Å²) < 4.78 is 0. The highest BCUT2D eigenvalue weighted by atomic mass is 16.3. The van der Waals surface area contributed by atoms with Gasteiger partial charge in [0.05, 0.1) is 6.10 Å². The third kappa shape index (κ3) is 3.68. The van der Waals surface area contributed by atoms with Crippen molar-refractivity contribution in [3.63, 3.8) is 0 Å². The molecule has 1 spiro atoms. The van der Waals surface area contributed by atoms with Crippen LogP contribution in [-0.2, 0) is 11.3 Å². The van der Waals surface area contributed by atoms with E-state index in [9.17, 15) is 15.2 Å². The second-order valence-electron chi connectivity index (χ2n) is 9.37. The number of β-amino-alcohol motifs (C(OH)–C–C–N with tert-alkyl or cyclic N) is 1. The number of nitriles is 1. The zero-order valence-electron chi connectivity index (χ0n) is 18.3. The van der Waals surface area contributed by atoms with Crippen molar-refractivity contribution in [2.45, 2.75) is 69.2 Å². The maximum atomic E-state index is 13.6. The Labute approximate surface area is 188 Å². The van der Waals surface area contributed by atoms with E-state index in [-0.39, 0.29) is 5.91 Å². The number of nitrogens with zero attached hydrogens (tertiary/aromatic N) is 5. The molecule has 1 unspecified atom stereocenters. The number of rotatable bonds is 4. The molecule has 3 aliphatic rings. The van der Waals surface area contributed by atoms with Crippen LogP contribution in [0.2, 0.25) is 0 Å². The number of likely N-dealkylation sites (tertiary alicyclic amines) is 2. The molecule has 2 aliphatic heterocycles. The standard InChI is InChI=1S/C25H29N5O2/c26-15-22-23(28-12-11-27-22)19-8-6-18(7-9-19)16-29-17-21(31)14-25(29)10-13-30(24(25)32)20-4-2-1-3-5-20/h6-9,11-12,20-21,31H,1-5,10,13-14,16-17H2/t21-,25?/m1/s1. The number of benzene rings is 1. The van der Waals surface area contributed by atoms with Crippen molar-refractivity contribution in [1.82, 2.24) is 19.8 Å². The molecule has 1 amide bonds. The van der Waals surface area contributed by atoms with E-state index in [2.05, 4.69) is 25.8 Å². The summed E-state index contributed by atoms with van der Waals surface area (Å²) >= 11 is 0. The summed E-state index contributed by atoms with van der Waals surface area (Å²) in [6, 6.07) is 10.4. The second kappa shape index (κ2) is 8.61. The number of aromatic nitrogens is 2. The van der Waals surface area contributed by atoms with Crippen molar-refractivity contribution in [3.05, 3.63) is 47.9 Å². The van der Waals surface area contributed by atoms with Crippen molar-refractivity contribution >= 4 is 5.91 Å². The van der Waals surface area contributed by atoms with Crippen LogP contribution in [0.5, 0.6) is 0 Å². The molecule has 0 radical (unpaired) electrons. The minimum atomic E-state index is -0.575. The van der Waals surface area contributed by atoms with E-state index < -0.39 is 11.6 Å². The number of carbonyl (C=O) groups is 1. The number of amides is 1. The first-order chi connectivity index (χ1) is 15.6. The van der Waals surface area contributed by atoms with Gasteiger partial charge in [-0.05, 0) is 24.8 Å². The molecule has 1 N–H and O–H groups in total. The molecule has 1 aromatic heterocycles. The highest BCUT2D eigenvalue weighted by molar-refractivity contribution is 5.89. The Bertz CT molecular complexity index is 1030. The molecule has 1 aromatic carbocycles. The van der Waals surface area contributed by atoms with Crippen LogP contribution in [0.1, 0.15) is 56.2 Å². The molecule has 7 nitrogen and oxygen atoms in total. The summed E-state index contributed by atoms with van der Waals surface area (Å²) in [5.74, 6) is 0.218. The Kier molecular flexibility index (Phi) is 5.66. The molecule has 0 bridgehead atoms. The van der Waals surface area contributed by atoms with Crippen LogP contribution < -0.4 is 0 Å². The lowest BCUT2D eigenvalue weighted by Gasteiger charge is -2.36. The normalized spacial score (nSPS) is 26.7. The Morgan fingerprint density at radius 2 is 1.88 bits per heavy atom. The molecule has 1 saturated carbocycles. The zero-order valence-corrected chi connectivity index (χ0v) is 18.3. The van der Waals surface area contributed by atoms with E-state index >= 15 is 0 Å². The average Bonchev–Trinajstić information content (AvgIpc) is 3.33. The van der Waals surface area contributed by atoms with Crippen LogP contribution in [0.15, 0.2) is 36.7 Å². The van der Waals surface area contributed by atoms with Gasteiger partial charge < -0.3 is 10.0 Å². The van der Waals surface area contributed by atoms with Gasteiger partial charge in [-0.2, -0.15) is 5.26 Å². The third-order valence-corrected chi connectivity index (χ3v) is 7.46. The molecule has 3 heterocycles. The second-order valence-corrected chi connectivity index (χ2v) is 9.37. The van der Waals surface area contributed by atoms with Crippen molar-refractivity contribution in [2.75, 3.05) is 13.1 Å². The summed E-state index contributed by atoms with van der Waals surface area (Å²) in [6.45, 7) is 1.94. The molecule has 32 heavy (non-hydrogen) atoms. The first-order valence-corrected chi connectivity index (χ1v) is 11.7. The van der Waals surface area contributed by atoms with Crippen molar-refractivity contribution < 1.29 is 9.90 Å². The number of carbonyl (C=O) groups excluding carboxylic acids is 1. The van der Waals surface area contributed by atoms with E-state index in [4.69, 9.17) is 0 Å². The van der Waals surface area contributed by atoms with Crippen molar-refractivity contribution in [2.24, 2.45) is 0 Å². The summed E-state index contributed by atoms with van der Waals surface area (Å²) in [5.41, 5.74) is 2.22. The molecule has 3 fully saturated rings. The van der Waals surface area contributed by atoms with Crippen LogP contribution >= 0.6 is 0 Å². The molecule has 2 saturated heterocycles. The smallest absolute Gasteiger partial charge is 0.243 e. The van der Waals surface area contributed by atoms with Gasteiger partial charge in [0.15, 0.2) is 5.69 Å². The van der Waals surface area contributed by atoms with Gasteiger partial charge in [0.2, 0.25) is 5.91 Å². The van der Waals surface area contributed by atoms with Crippen molar-refractivity contribution in [3.8, 4) is 17.3 Å². The van der Waals surface area contributed by atoms with Gasteiger partial charge in [0.1, 0.15) is 17.3 Å². The molecule has 7 heteroatoms. The fourth-order valence-corrected chi connectivity index (χ4v) is 5.85. The van der Waals surface area contributed by atoms with Gasteiger partial charge in [-0.1, -0.05) is 43.5 Å². The van der Waals surface area contributed by atoms with Crippen molar-refractivity contribution in [1.29, 1.82) is 5.26 Å². The van der Waals surface area contributed by atoms with E-state index in [0.29, 0.717) is 36.9 Å². The van der Waals surface area contributed by atoms with Gasteiger partial charge in [-0.25, -0.2) is 4.98 Å². The van der Waals surface area contributed by atoms with Gasteiger partial charge in [0.25, 0.3) is 0 Å². The van der Waals surface area contributed by atoms with Crippen LogP contribution in [-0.4, -0.2) is 61.6 Å². The molecule has 2 atom stereocenters. The highest BCUT2D eigenvalue weighted by Crippen LogP contribution is 2.42. The highest BCUT2D eigenvalue weighted by Gasteiger charge is 2.56. The van der Waals surface area contributed by atoms with Crippen LogP contribution in [0.25, 0.3) is 11.3 Å². The lowest BCUT2D eigenvalue weighted by atomic mass is 9.91. The van der Waals surface area contributed by atoms with E-state index in [0.717, 1.165) is 36.9 Å². The summed E-state index contributed by atoms with van der Waals surface area (Å²) in [4.78, 5) is 26.3. The summed E-state index contributed by atoms with van der Waals surface area (Å²) in [7, 11) is 0. The summed E-state index contributed by atoms with van der Waals surface area (Å²) in [6.07, 6.45) is 9.86.